The molecule has 1 heteroatoms. The van der Waals surface area contributed by atoms with E-state index in [1.807, 2.05) is 0 Å². The zero-order valence-electron chi connectivity index (χ0n) is 9.32. The van der Waals surface area contributed by atoms with Gasteiger partial charge in [-0.2, -0.15) is 0 Å². The fourth-order valence-corrected chi connectivity index (χ4v) is 1.34. The van der Waals surface area contributed by atoms with Crippen LogP contribution in [0.5, 0.6) is 0 Å². The largest absolute Gasteiger partial charge is 0.330 e. The molecule has 2 rings (SSSR count). The third kappa shape index (κ3) is 4.13. The molecular weight excluding hydrogens is 182 g/mol. The minimum atomic E-state index is 0.844. The number of hydrogen-bond acceptors (Lipinski definition) is 1. The van der Waals surface area contributed by atoms with Gasteiger partial charge in [-0.3, -0.25) is 0 Å². The van der Waals surface area contributed by atoms with Gasteiger partial charge in [-0.25, -0.2) is 0 Å². The molecule has 0 heterocycles. The first-order valence-corrected chi connectivity index (χ1v) is 5.52. The molecule has 0 unspecified atom stereocenters. The van der Waals surface area contributed by atoms with Crippen LogP contribution in [0.15, 0.2) is 48.5 Å². The van der Waals surface area contributed by atoms with Crippen molar-refractivity contribution in [1.29, 1.82) is 0 Å². The van der Waals surface area contributed by atoms with Gasteiger partial charge < -0.3 is 5.73 Å². The Hall–Kier alpha value is -1.34. The zero-order chi connectivity index (χ0) is 10.9. The maximum Gasteiger partial charge on any atom is -0.00774 e. The van der Waals surface area contributed by atoms with Crippen molar-refractivity contribution < 1.29 is 0 Å². The van der Waals surface area contributed by atoms with Crippen molar-refractivity contribution in [3.63, 3.8) is 0 Å². The van der Waals surface area contributed by atoms with Gasteiger partial charge in [-0.05, 0) is 23.7 Å². The minimum absolute atomic E-state index is 0.844. The van der Waals surface area contributed by atoms with Crippen LogP contribution in [-0.4, -0.2) is 6.54 Å². The van der Waals surface area contributed by atoms with Crippen molar-refractivity contribution in [2.24, 2.45) is 5.73 Å². The van der Waals surface area contributed by atoms with Crippen LogP contribution in [0.3, 0.4) is 0 Å². The SMILES string of the molecule is CCCCN.c1ccc2ccccc2c1. The van der Waals surface area contributed by atoms with Gasteiger partial charge in [0.25, 0.3) is 0 Å². The molecule has 2 N–H and O–H groups in total. The summed E-state index contributed by atoms with van der Waals surface area (Å²) in [6.07, 6.45) is 2.39. The summed E-state index contributed by atoms with van der Waals surface area (Å²) in [4.78, 5) is 0. The Kier molecular flexibility index (Phi) is 5.49. The van der Waals surface area contributed by atoms with Gasteiger partial charge in [0.2, 0.25) is 0 Å². The van der Waals surface area contributed by atoms with Crippen LogP contribution >= 0.6 is 0 Å². The Morgan fingerprint density at radius 2 is 1.27 bits per heavy atom. The van der Waals surface area contributed by atoms with Gasteiger partial charge in [0, 0.05) is 0 Å². The fraction of sp³-hybridized carbons (Fsp3) is 0.286. The molecule has 80 valence electrons. The van der Waals surface area contributed by atoms with Gasteiger partial charge in [-0.1, -0.05) is 61.9 Å². The summed E-state index contributed by atoms with van der Waals surface area (Å²) in [5.74, 6) is 0. The van der Waals surface area contributed by atoms with Crippen LogP contribution in [0.25, 0.3) is 10.8 Å². The minimum Gasteiger partial charge on any atom is -0.330 e. The standard InChI is InChI=1S/C10H8.C4H11N/c1-2-6-10-8-4-3-7-9(10)5-1;1-2-3-4-5/h1-8H;2-5H2,1H3. The van der Waals surface area contributed by atoms with Crippen molar-refractivity contribution in [2.75, 3.05) is 6.54 Å². The molecule has 0 spiro atoms. The molecule has 0 aliphatic rings. The lowest BCUT2D eigenvalue weighted by Crippen LogP contribution is -1.95. The Labute approximate surface area is 91.9 Å². The average Bonchev–Trinajstić information content (AvgIpc) is 2.31. The Morgan fingerprint density at radius 3 is 1.47 bits per heavy atom. The van der Waals surface area contributed by atoms with Crippen molar-refractivity contribution in [3.05, 3.63) is 48.5 Å². The number of rotatable bonds is 2. The number of unbranched alkanes of at least 4 members (excludes halogenated alkanes) is 1. The third-order valence-electron chi connectivity index (χ3n) is 2.22. The summed E-state index contributed by atoms with van der Waals surface area (Å²) < 4.78 is 0. The van der Waals surface area contributed by atoms with E-state index in [0.717, 1.165) is 6.54 Å². The lowest BCUT2D eigenvalue weighted by Gasteiger charge is -1.92. The first kappa shape index (κ1) is 11.7. The highest BCUT2D eigenvalue weighted by Crippen LogP contribution is 2.11. The van der Waals surface area contributed by atoms with Crippen molar-refractivity contribution in [1.82, 2.24) is 0 Å². The molecule has 0 aliphatic carbocycles. The second kappa shape index (κ2) is 7.02. The lowest BCUT2D eigenvalue weighted by atomic mass is 10.1. The van der Waals surface area contributed by atoms with Crippen molar-refractivity contribution >= 4 is 10.8 Å². The lowest BCUT2D eigenvalue weighted by molar-refractivity contribution is 0.807. The summed E-state index contributed by atoms with van der Waals surface area (Å²) in [7, 11) is 0. The van der Waals surface area contributed by atoms with E-state index in [4.69, 9.17) is 5.73 Å². The Bertz CT molecular complexity index is 314. The van der Waals surface area contributed by atoms with Gasteiger partial charge in [0.05, 0.1) is 0 Å². The predicted octanol–water partition coefficient (Wildman–Crippen LogP) is 3.59. The van der Waals surface area contributed by atoms with Gasteiger partial charge in [-0.15, -0.1) is 0 Å². The zero-order valence-corrected chi connectivity index (χ0v) is 9.32. The number of fused-ring (bicyclic) bond motifs is 1. The van der Waals surface area contributed by atoms with E-state index in [1.165, 1.54) is 23.6 Å². The summed E-state index contributed by atoms with van der Waals surface area (Å²) in [5, 5.41) is 2.62. The topological polar surface area (TPSA) is 26.0 Å². The molecule has 2 aromatic carbocycles. The molecule has 2 aromatic rings. The molecular formula is C14H19N. The van der Waals surface area contributed by atoms with E-state index in [2.05, 4.69) is 55.5 Å². The maximum absolute atomic E-state index is 5.14. The van der Waals surface area contributed by atoms with Gasteiger partial charge >= 0.3 is 0 Å². The fourth-order valence-electron chi connectivity index (χ4n) is 1.34. The van der Waals surface area contributed by atoms with Crippen LogP contribution in [-0.2, 0) is 0 Å². The highest BCUT2D eigenvalue weighted by molar-refractivity contribution is 5.81. The second-order valence-electron chi connectivity index (χ2n) is 3.49. The third-order valence-corrected chi connectivity index (χ3v) is 2.22. The highest BCUT2D eigenvalue weighted by atomic mass is 14.5. The summed E-state index contributed by atoms with van der Waals surface area (Å²) in [6, 6.07) is 16.7. The molecule has 0 bridgehead atoms. The van der Waals surface area contributed by atoms with E-state index in [1.54, 1.807) is 0 Å². The normalized spacial score (nSPS) is 9.47. The summed E-state index contributed by atoms with van der Waals surface area (Å²) >= 11 is 0. The van der Waals surface area contributed by atoms with Crippen molar-refractivity contribution in [3.8, 4) is 0 Å². The number of benzene rings is 2. The smallest absolute Gasteiger partial charge is 0.00774 e. The molecule has 0 aromatic heterocycles. The highest BCUT2D eigenvalue weighted by Gasteiger charge is 1.85. The average molecular weight is 201 g/mol. The van der Waals surface area contributed by atoms with Gasteiger partial charge in [0.15, 0.2) is 0 Å². The first-order chi connectivity index (χ1) is 7.38. The molecule has 0 saturated heterocycles. The summed E-state index contributed by atoms with van der Waals surface area (Å²) in [6.45, 7) is 2.98. The first-order valence-electron chi connectivity index (χ1n) is 5.52. The Morgan fingerprint density at radius 1 is 0.867 bits per heavy atom. The van der Waals surface area contributed by atoms with Crippen LogP contribution in [0.2, 0.25) is 0 Å². The molecule has 0 saturated carbocycles. The Balaban J connectivity index is 0.000000195. The van der Waals surface area contributed by atoms with E-state index in [9.17, 15) is 0 Å². The van der Waals surface area contributed by atoms with Crippen LogP contribution < -0.4 is 5.73 Å². The van der Waals surface area contributed by atoms with Gasteiger partial charge in [0.1, 0.15) is 0 Å². The predicted molar refractivity (Wildman–Crippen MR) is 67.9 cm³/mol. The second-order valence-corrected chi connectivity index (χ2v) is 3.49. The summed E-state index contributed by atoms with van der Waals surface area (Å²) in [5.41, 5.74) is 5.14. The molecule has 0 amide bonds. The van der Waals surface area contributed by atoms with Crippen LogP contribution in [0, 0.1) is 0 Å². The maximum atomic E-state index is 5.14. The van der Waals surface area contributed by atoms with Crippen LogP contribution in [0.1, 0.15) is 19.8 Å². The van der Waals surface area contributed by atoms with E-state index < -0.39 is 0 Å². The molecule has 0 aliphatic heterocycles. The number of hydrogen-bond donors (Lipinski definition) is 1. The molecule has 1 nitrogen and oxygen atoms in total. The monoisotopic (exact) mass is 201 g/mol. The molecule has 15 heavy (non-hydrogen) atoms. The molecule has 0 radical (unpaired) electrons. The quantitative estimate of drug-likeness (QED) is 0.789. The van der Waals surface area contributed by atoms with Crippen molar-refractivity contribution in [2.45, 2.75) is 19.8 Å². The van der Waals surface area contributed by atoms with E-state index >= 15 is 0 Å². The number of nitrogens with two attached hydrogens (primary N) is 1. The molecule has 0 atom stereocenters. The van der Waals surface area contributed by atoms with E-state index in [-0.39, 0.29) is 0 Å². The molecule has 0 fully saturated rings. The van der Waals surface area contributed by atoms with Crippen LogP contribution in [0.4, 0.5) is 0 Å². The van der Waals surface area contributed by atoms with E-state index in [0.29, 0.717) is 0 Å².